The molecule has 0 saturated carbocycles. The Bertz CT molecular complexity index is 1250. The summed E-state index contributed by atoms with van der Waals surface area (Å²) in [7, 11) is 0. The van der Waals surface area contributed by atoms with E-state index in [1.54, 1.807) is 0 Å². The van der Waals surface area contributed by atoms with Crippen LogP contribution in [0.4, 0.5) is 0 Å². The Balaban J connectivity index is 1.98. The van der Waals surface area contributed by atoms with Crippen LogP contribution >= 0.6 is 0 Å². The van der Waals surface area contributed by atoms with Crippen LogP contribution in [0.5, 0.6) is 0 Å². The lowest BCUT2D eigenvalue weighted by Crippen LogP contribution is -2.16. The van der Waals surface area contributed by atoms with Gasteiger partial charge in [-0.1, -0.05) is 125 Å². The molecule has 0 N–H and O–H groups in total. The van der Waals surface area contributed by atoms with E-state index >= 15 is 0 Å². The van der Waals surface area contributed by atoms with Crippen molar-refractivity contribution in [3.05, 3.63) is 105 Å². The summed E-state index contributed by atoms with van der Waals surface area (Å²) >= 11 is 0. The molecule has 3 rings (SSSR count). The van der Waals surface area contributed by atoms with Crippen molar-refractivity contribution >= 4 is 0 Å². The van der Waals surface area contributed by atoms with Crippen LogP contribution in [-0.2, 0) is 21.7 Å². The predicted molar refractivity (Wildman–Crippen MR) is 166 cm³/mol. The second-order valence-electron chi connectivity index (χ2n) is 14.7. The molecule has 198 valence electrons. The maximum absolute atomic E-state index is 3.44. The van der Waals surface area contributed by atoms with Crippen molar-refractivity contribution in [2.24, 2.45) is 0 Å². The van der Waals surface area contributed by atoms with E-state index in [1.807, 2.05) is 6.07 Å². The normalized spacial score (nSPS) is 12.3. The predicted octanol–water partition coefficient (Wildman–Crippen LogP) is 9.68. The van der Waals surface area contributed by atoms with Gasteiger partial charge in [0.05, 0.1) is 0 Å². The maximum atomic E-state index is 3.44. The summed E-state index contributed by atoms with van der Waals surface area (Å²) in [4.78, 5) is 0. The summed E-state index contributed by atoms with van der Waals surface area (Å²) in [5.74, 6) is 13.7. The Kier molecular flexibility index (Phi) is 8.11. The molecule has 3 aromatic carbocycles. The Morgan fingerprint density at radius 1 is 0.342 bits per heavy atom. The fraction of sp³-hybridized carbons (Fsp3) is 0.421. The lowest BCUT2D eigenvalue weighted by molar-refractivity contribution is 0.567. The molecule has 0 heterocycles. The van der Waals surface area contributed by atoms with Crippen molar-refractivity contribution in [1.82, 2.24) is 0 Å². The van der Waals surface area contributed by atoms with E-state index in [4.69, 9.17) is 0 Å². The van der Waals surface area contributed by atoms with Gasteiger partial charge in [0, 0.05) is 22.3 Å². The van der Waals surface area contributed by atoms with Crippen LogP contribution < -0.4 is 0 Å². The molecule has 0 aliphatic carbocycles. The average molecular weight is 503 g/mol. The van der Waals surface area contributed by atoms with Gasteiger partial charge in [0.1, 0.15) is 0 Å². The van der Waals surface area contributed by atoms with Crippen LogP contribution in [0.1, 0.15) is 128 Å². The Hall–Kier alpha value is -3.22. The fourth-order valence-corrected chi connectivity index (χ4v) is 4.09. The molecular weight excluding hydrogens is 456 g/mol. The summed E-state index contributed by atoms with van der Waals surface area (Å²) in [5.41, 5.74) is 9.66. The topological polar surface area (TPSA) is 0 Å². The molecule has 0 radical (unpaired) electrons. The van der Waals surface area contributed by atoms with Crippen molar-refractivity contribution in [3.8, 4) is 23.7 Å². The van der Waals surface area contributed by atoms with Crippen LogP contribution in [0.3, 0.4) is 0 Å². The van der Waals surface area contributed by atoms with Crippen molar-refractivity contribution in [3.63, 3.8) is 0 Å². The Morgan fingerprint density at radius 3 is 0.868 bits per heavy atom. The number of hydrogen-bond acceptors (Lipinski definition) is 0. The van der Waals surface area contributed by atoms with Crippen LogP contribution in [-0.4, -0.2) is 0 Å². The highest BCUT2D eigenvalue weighted by molar-refractivity contribution is 5.52. The minimum Gasteiger partial charge on any atom is -0.0616 e. The largest absolute Gasteiger partial charge is 0.0616 e. The summed E-state index contributed by atoms with van der Waals surface area (Å²) in [6.45, 7) is 27.1. The van der Waals surface area contributed by atoms with Gasteiger partial charge in [-0.2, -0.15) is 0 Å². The van der Waals surface area contributed by atoms with E-state index in [0.29, 0.717) is 0 Å². The highest BCUT2D eigenvalue weighted by Gasteiger charge is 2.21. The molecule has 0 heteroatoms. The minimum absolute atomic E-state index is 0.0738. The van der Waals surface area contributed by atoms with Crippen LogP contribution in [0, 0.1) is 23.7 Å². The molecule has 3 aromatic rings. The smallest absolute Gasteiger partial charge is 0.0261 e. The average Bonchev–Trinajstić information content (AvgIpc) is 2.79. The second kappa shape index (κ2) is 10.5. The maximum Gasteiger partial charge on any atom is 0.0261 e. The SMILES string of the molecule is CC(C)(C)c1cc(C#Cc2cccc(C#Cc3cc(C(C)(C)C)cc(C(C)(C)C)c3)c2)cc(C(C)(C)C)c1. The first-order valence-corrected chi connectivity index (χ1v) is 13.8. The van der Waals surface area contributed by atoms with Gasteiger partial charge in [0.15, 0.2) is 0 Å². The first kappa shape index (κ1) is 29.3. The van der Waals surface area contributed by atoms with Crippen molar-refractivity contribution in [1.29, 1.82) is 0 Å². The summed E-state index contributed by atoms with van der Waals surface area (Å²) in [6, 6.07) is 21.9. The molecule has 0 atom stereocenters. The molecule has 0 unspecified atom stereocenters. The van der Waals surface area contributed by atoms with E-state index < -0.39 is 0 Å². The van der Waals surface area contributed by atoms with Crippen LogP contribution in [0.15, 0.2) is 60.7 Å². The molecule has 0 saturated heterocycles. The van der Waals surface area contributed by atoms with Crippen molar-refractivity contribution in [2.75, 3.05) is 0 Å². The highest BCUT2D eigenvalue weighted by Crippen LogP contribution is 2.31. The zero-order valence-corrected chi connectivity index (χ0v) is 25.8. The summed E-state index contributed by atoms with van der Waals surface area (Å²) in [6.07, 6.45) is 0. The quantitative estimate of drug-likeness (QED) is 0.268. The van der Waals surface area contributed by atoms with E-state index in [0.717, 1.165) is 22.3 Å². The molecular formula is C38H46. The van der Waals surface area contributed by atoms with Gasteiger partial charge < -0.3 is 0 Å². The molecule has 0 aliphatic rings. The molecule has 0 nitrogen and oxygen atoms in total. The van der Waals surface area contributed by atoms with Gasteiger partial charge in [-0.15, -0.1) is 0 Å². The molecule has 0 spiro atoms. The first-order valence-electron chi connectivity index (χ1n) is 13.8. The molecule has 0 aromatic heterocycles. The van der Waals surface area contributed by atoms with Crippen molar-refractivity contribution < 1.29 is 0 Å². The third-order valence-corrected chi connectivity index (χ3v) is 6.90. The standard InChI is InChI=1S/C38H46/c1-35(2,3)31-21-29(22-32(25-31)36(4,5)6)18-16-27-14-13-15-28(20-27)17-19-30-23-33(37(7,8)9)26-34(24-30)38(10,11)12/h13-15,20-26H,1-12H3. The summed E-state index contributed by atoms with van der Waals surface area (Å²) in [5, 5.41) is 0. The molecule has 0 bridgehead atoms. The van der Waals surface area contributed by atoms with Crippen molar-refractivity contribution in [2.45, 2.75) is 105 Å². The lowest BCUT2D eigenvalue weighted by Gasteiger charge is -2.25. The number of rotatable bonds is 0. The van der Waals surface area contributed by atoms with Gasteiger partial charge in [0.25, 0.3) is 0 Å². The molecule has 38 heavy (non-hydrogen) atoms. The van der Waals surface area contributed by atoms with E-state index in [1.165, 1.54) is 22.3 Å². The third-order valence-electron chi connectivity index (χ3n) is 6.90. The molecule has 0 fully saturated rings. The van der Waals surface area contributed by atoms with Gasteiger partial charge in [-0.3, -0.25) is 0 Å². The van der Waals surface area contributed by atoms with Gasteiger partial charge in [-0.25, -0.2) is 0 Å². The Labute approximate surface area is 233 Å². The Morgan fingerprint density at radius 2 is 0.605 bits per heavy atom. The molecule has 0 amide bonds. The zero-order valence-electron chi connectivity index (χ0n) is 25.8. The lowest BCUT2D eigenvalue weighted by atomic mass is 9.79. The van der Waals surface area contributed by atoms with Crippen LogP contribution in [0.25, 0.3) is 0 Å². The van der Waals surface area contributed by atoms with Crippen LogP contribution in [0.2, 0.25) is 0 Å². The van der Waals surface area contributed by atoms with E-state index in [9.17, 15) is 0 Å². The first-order chi connectivity index (χ1) is 17.3. The number of hydrogen-bond donors (Lipinski definition) is 0. The molecule has 0 aliphatic heterocycles. The van der Waals surface area contributed by atoms with Gasteiger partial charge in [-0.05, 0) is 86.4 Å². The number of benzene rings is 3. The third kappa shape index (κ3) is 7.89. The highest BCUT2D eigenvalue weighted by atomic mass is 14.3. The van der Waals surface area contributed by atoms with E-state index in [2.05, 4.69) is 161 Å². The van der Waals surface area contributed by atoms with Gasteiger partial charge >= 0.3 is 0 Å². The van der Waals surface area contributed by atoms with E-state index in [-0.39, 0.29) is 21.7 Å². The summed E-state index contributed by atoms with van der Waals surface area (Å²) < 4.78 is 0. The zero-order chi connectivity index (χ0) is 28.5. The monoisotopic (exact) mass is 502 g/mol. The second-order valence-corrected chi connectivity index (χ2v) is 14.7. The fourth-order valence-electron chi connectivity index (χ4n) is 4.09. The minimum atomic E-state index is 0.0738. The van der Waals surface area contributed by atoms with Gasteiger partial charge in [0.2, 0.25) is 0 Å².